The molecule has 10 radical (unpaired) electrons. The Labute approximate surface area is 198 Å². The molecule has 2 rings (SSSR count). The summed E-state index contributed by atoms with van der Waals surface area (Å²) in [5.74, 6) is 0. The van der Waals surface area contributed by atoms with E-state index in [1.54, 1.807) is 11.3 Å². The fourth-order valence-electron chi connectivity index (χ4n) is 4.59. The van der Waals surface area contributed by atoms with Gasteiger partial charge in [0.05, 0.1) is 0 Å². The van der Waals surface area contributed by atoms with E-state index in [-0.39, 0.29) is 32.9 Å². The van der Waals surface area contributed by atoms with E-state index in [0.717, 1.165) is 0 Å². The van der Waals surface area contributed by atoms with Gasteiger partial charge in [0.2, 0.25) is 0 Å². The van der Waals surface area contributed by atoms with Crippen LogP contribution in [-0.4, -0.2) is 20.6 Å². The first-order chi connectivity index (χ1) is 12.5. The van der Waals surface area contributed by atoms with Gasteiger partial charge in [-0.15, -0.1) is 0 Å². The van der Waals surface area contributed by atoms with Crippen LogP contribution in [0, 0.1) is 62.7 Å². The van der Waals surface area contributed by atoms with Gasteiger partial charge in [0.15, 0.2) is 0 Å². The van der Waals surface area contributed by atoms with Gasteiger partial charge in [-0.25, -0.2) is 0 Å². The van der Waals surface area contributed by atoms with Crippen molar-refractivity contribution >= 4 is 15.8 Å². The Balaban J connectivity index is 0.000000523. The molecule has 2 aliphatic rings. The minimum absolute atomic E-state index is 0. The summed E-state index contributed by atoms with van der Waals surface area (Å²) in [5, 5.41) is 1.56. The third-order valence-electron chi connectivity index (χ3n) is 4.49. The van der Waals surface area contributed by atoms with Gasteiger partial charge in [-0.05, 0) is 72.0 Å². The fraction of sp³-hybridized carbons (Fsp3) is 0.615. The summed E-state index contributed by atoms with van der Waals surface area (Å²) < 4.78 is 0. The maximum absolute atomic E-state index is 2.36. The molecule has 0 spiro atoms. The monoisotopic (exact) mass is 474 g/mol. The van der Waals surface area contributed by atoms with Gasteiger partial charge in [-0.2, -0.15) is 0 Å². The molecule has 0 N–H and O–H groups in total. The molecule has 2 saturated carbocycles. The summed E-state index contributed by atoms with van der Waals surface area (Å²) in [6.07, 6.45) is 17.7. The Morgan fingerprint density at radius 1 is 0.414 bits per heavy atom. The number of rotatable bonds is 2. The van der Waals surface area contributed by atoms with E-state index in [2.05, 4.69) is 134 Å². The standard InChI is InChI=1S/2C13H22P.Fe/c2*1-12(2,3)14(13(4,5)6)11-9-7-8-10-11;/h2*7-10H,1-6H3;/q;;+2. The Morgan fingerprint density at radius 3 is 0.724 bits per heavy atom. The molecule has 2 fully saturated rings. The quantitative estimate of drug-likeness (QED) is 0.277. The zero-order chi connectivity index (χ0) is 22.0. The Hall–Kier alpha value is 1.38. The Morgan fingerprint density at radius 2 is 0.586 bits per heavy atom. The normalized spacial score (nSPS) is 20.1. The minimum Gasteiger partial charge on any atom is -0.0877 e. The van der Waals surface area contributed by atoms with Crippen LogP contribution >= 0.6 is 15.8 Å². The first kappa shape index (κ1) is 30.4. The second kappa shape index (κ2) is 11.5. The van der Waals surface area contributed by atoms with E-state index >= 15 is 0 Å². The predicted molar refractivity (Wildman–Crippen MR) is 134 cm³/mol. The van der Waals surface area contributed by atoms with Crippen LogP contribution in [0.4, 0.5) is 0 Å². The van der Waals surface area contributed by atoms with E-state index in [1.807, 2.05) is 0 Å². The predicted octanol–water partition coefficient (Wildman–Crippen LogP) is 8.85. The molecule has 0 amide bonds. The molecule has 164 valence electrons. The van der Waals surface area contributed by atoms with Crippen molar-refractivity contribution in [3.05, 3.63) is 62.7 Å². The van der Waals surface area contributed by atoms with Gasteiger partial charge in [-0.1, -0.05) is 98.9 Å². The van der Waals surface area contributed by atoms with E-state index in [9.17, 15) is 0 Å². The van der Waals surface area contributed by atoms with Gasteiger partial charge in [-0.3, -0.25) is 0 Å². The van der Waals surface area contributed by atoms with Crippen molar-refractivity contribution in [3.63, 3.8) is 0 Å². The summed E-state index contributed by atoms with van der Waals surface area (Å²) in [6, 6.07) is 0. The largest absolute Gasteiger partial charge is 2.00 e. The first-order valence-corrected chi connectivity index (χ1v) is 13.2. The smallest absolute Gasteiger partial charge is 0.0877 e. The van der Waals surface area contributed by atoms with Gasteiger partial charge in [0.25, 0.3) is 0 Å². The molecule has 0 bridgehead atoms. The minimum atomic E-state index is -0.101. The third-order valence-corrected chi connectivity index (χ3v) is 11.5. The summed E-state index contributed by atoms with van der Waals surface area (Å²) in [5.41, 5.74) is 3.08. The number of hydrogen-bond donors (Lipinski definition) is 0. The average molecular weight is 474 g/mol. The first-order valence-electron chi connectivity index (χ1n) is 10.5. The van der Waals surface area contributed by atoms with Gasteiger partial charge < -0.3 is 0 Å². The van der Waals surface area contributed by atoms with E-state index in [0.29, 0.717) is 20.6 Å². The summed E-state index contributed by atoms with van der Waals surface area (Å²) in [7, 11) is -0.202. The van der Waals surface area contributed by atoms with Gasteiger partial charge in [0.1, 0.15) is 0 Å². The zero-order valence-corrected chi connectivity index (χ0v) is 23.8. The van der Waals surface area contributed by atoms with E-state index in [1.165, 1.54) is 0 Å². The van der Waals surface area contributed by atoms with E-state index < -0.39 is 0 Å². The summed E-state index contributed by atoms with van der Waals surface area (Å²) in [4.78, 5) is 0. The van der Waals surface area contributed by atoms with Gasteiger partial charge in [0, 0.05) is 11.3 Å². The molecule has 0 aliphatic heterocycles. The van der Waals surface area contributed by atoms with E-state index in [4.69, 9.17) is 0 Å². The fourth-order valence-corrected chi connectivity index (χ4v) is 12.7. The molecule has 0 aromatic heterocycles. The molecular formula is C26H44FeP2+2. The van der Waals surface area contributed by atoms with Crippen molar-refractivity contribution in [2.45, 2.75) is 104 Å². The molecule has 0 unspecified atom stereocenters. The molecular weight excluding hydrogens is 430 g/mol. The molecule has 0 aromatic carbocycles. The molecule has 2 aliphatic carbocycles. The van der Waals surface area contributed by atoms with Gasteiger partial charge >= 0.3 is 17.1 Å². The molecule has 29 heavy (non-hydrogen) atoms. The van der Waals surface area contributed by atoms with Crippen LogP contribution < -0.4 is 0 Å². The Bertz CT molecular complexity index is 375. The van der Waals surface area contributed by atoms with Crippen LogP contribution in [0.3, 0.4) is 0 Å². The van der Waals surface area contributed by atoms with Crippen molar-refractivity contribution in [2.75, 3.05) is 0 Å². The molecule has 0 heterocycles. The Kier molecular flexibility index (Phi) is 12.0. The molecule has 0 nitrogen and oxygen atoms in total. The van der Waals surface area contributed by atoms with Crippen LogP contribution in [0.1, 0.15) is 83.1 Å². The summed E-state index contributed by atoms with van der Waals surface area (Å²) >= 11 is 0. The topological polar surface area (TPSA) is 0 Å². The molecule has 3 heteroatoms. The SMILES string of the molecule is CC(C)(C)P([C]1[CH][CH][CH][CH]1)C(C)(C)C.CC(C)(C)P([C]1[CH][CH][CH][CH]1)C(C)(C)C.[Fe+2]. The van der Waals surface area contributed by atoms with Crippen molar-refractivity contribution in [2.24, 2.45) is 0 Å². The van der Waals surface area contributed by atoms with Crippen LogP contribution in [-0.2, 0) is 17.1 Å². The zero-order valence-electron chi connectivity index (χ0n) is 20.9. The molecule has 0 aromatic rings. The van der Waals surface area contributed by atoms with Crippen molar-refractivity contribution in [3.8, 4) is 0 Å². The van der Waals surface area contributed by atoms with Crippen LogP contribution in [0.5, 0.6) is 0 Å². The number of hydrogen-bond acceptors (Lipinski definition) is 0. The van der Waals surface area contributed by atoms with Crippen LogP contribution in [0.2, 0.25) is 0 Å². The second-order valence-electron chi connectivity index (χ2n) is 11.6. The van der Waals surface area contributed by atoms with Crippen molar-refractivity contribution in [1.29, 1.82) is 0 Å². The van der Waals surface area contributed by atoms with Crippen LogP contribution in [0.15, 0.2) is 0 Å². The van der Waals surface area contributed by atoms with Crippen molar-refractivity contribution in [1.82, 2.24) is 0 Å². The summed E-state index contributed by atoms with van der Waals surface area (Å²) in [6.45, 7) is 28.3. The molecule has 0 saturated heterocycles. The third kappa shape index (κ3) is 9.81. The average Bonchev–Trinajstić information content (AvgIpc) is 3.06. The van der Waals surface area contributed by atoms with Crippen molar-refractivity contribution < 1.29 is 17.1 Å². The second-order valence-corrected chi connectivity index (χ2v) is 19.4. The maximum atomic E-state index is 2.36. The molecule has 0 atom stereocenters. The maximum Gasteiger partial charge on any atom is 2.00 e. The van der Waals surface area contributed by atoms with Crippen LogP contribution in [0.25, 0.3) is 0 Å².